The van der Waals surface area contributed by atoms with Crippen molar-refractivity contribution in [3.8, 4) is 11.1 Å². The molecule has 0 aliphatic carbocycles. The highest BCUT2D eigenvalue weighted by molar-refractivity contribution is 6.31. The number of aromatic nitrogens is 1. The molecule has 0 bridgehead atoms. The van der Waals surface area contributed by atoms with Gasteiger partial charge in [-0.1, -0.05) is 17.7 Å². The molecule has 0 fully saturated rings. The average molecular weight is 232 g/mol. The molecule has 0 amide bonds. The quantitative estimate of drug-likeness (QED) is 0.741. The van der Waals surface area contributed by atoms with Crippen LogP contribution in [0.3, 0.4) is 0 Å². The van der Waals surface area contributed by atoms with E-state index in [1.54, 1.807) is 24.4 Å². The van der Waals surface area contributed by atoms with Gasteiger partial charge in [0.25, 0.3) is 0 Å². The van der Waals surface area contributed by atoms with E-state index < -0.39 is 0 Å². The molecular weight excluding hydrogens is 222 g/mol. The third kappa shape index (κ3) is 2.12. The van der Waals surface area contributed by atoms with Gasteiger partial charge in [-0.25, -0.2) is 0 Å². The normalized spacial score (nSPS) is 10.1. The van der Waals surface area contributed by atoms with Gasteiger partial charge >= 0.3 is 0 Å². The number of aryl methyl sites for hydroxylation is 1. The molecule has 0 spiro atoms. The molecule has 0 saturated heterocycles. The Morgan fingerprint density at radius 1 is 1.25 bits per heavy atom. The molecule has 0 aliphatic heterocycles. The molecule has 3 heteroatoms. The zero-order valence-corrected chi connectivity index (χ0v) is 9.53. The highest BCUT2D eigenvalue weighted by Crippen LogP contribution is 2.25. The Hall–Kier alpha value is -1.67. The summed E-state index contributed by atoms with van der Waals surface area (Å²) >= 11 is 5.92. The van der Waals surface area contributed by atoms with E-state index in [4.69, 9.17) is 11.6 Å². The van der Waals surface area contributed by atoms with Gasteiger partial charge in [0, 0.05) is 28.0 Å². The van der Waals surface area contributed by atoms with Crippen molar-refractivity contribution in [2.45, 2.75) is 6.92 Å². The van der Waals surface area contributed by atoms with Crippen molar-refractivity contribution < 1.29 is 4.79 Å². The maximum absolute atomic E-state index is 10.9. The SMILES string of the molecule is Cc1ccc(-c2cc(Cl)ccc2C=O)cn1. The second kappa shape index (κ2) is 4.45. The summed E-state index contributed by atoms with van der Waals surface area (Å²) in [5, 5.41) is 0.612. The molecule has 1 aromatic heterocycles. The molecule has 80 valence electrons. The van der Waals surface area contributed by atoms with Gasteiger partial charge in [0.15, 0.2) is 6.29 Å². The largest absolute Gasteiger partial charge is 0.298 e. The number of nitrogens with zero attached hydrogens (tertiary/aromatic N) is 1. The number of carbonyl (C=O) groups is 1. The van der Waals surface area contributed by atoms with Crippen LogP contribution in [-0.4, -0.2) is 11.3 Å². The summed E-state index contributed by atoms with van der Waals surface area (Å²) in [6, 6.07) is 9.03. The summed E-state index contributed by atoms with van der Waals surface area (Å²) in [7, 11) is 0. The van der Waals surface area contributed by atoms with E-state index in [2.05, 4.69) is 4.98 Å². The van der Waals surface area contributed by atoms with Crippen LogP contribution in [0.5, 0.6) is 0 Å². The van der Waals surface area contributed by atoms with Crippen LogP contribution in [0, 0.1) is 6.92 Å². The van der Waals surface area contributed by atoms with Crippen molar-refractivity contribution in [3.63, 3.8) is 0 Å². The van der Waals surface area contributed by atoms with Gasteiger partial charge < -0.3 is 0 Å². The maximum Gasteiger partial charge on any atom is 0.150 e. The average Bonchev–Trinajstić information content (AvgIpc) is 2.30. The summed E-state index contributed by atoms with van der Waals surface area (Å²) in [5.41, 5.74) is 3.28. The molecule has 2 aromatic rings. The first-order chi connectivity index (χ1) is 7.70. The molecule has 0 aliphatic rings. The van der Waals surface area contributed by atoms with Gasteiger partial charge in [-0.05, 0) is 36.8 Å². The second-order valence-electron chi connectivity index (χ2n) is 3.54. The first-order valence-electron chi connectivity index (χ1n) is 4.88. The predicted octanol–water partition coefficient (Wildman–Crippen LogP) is 3.52. The van der Waals surface area contributed by atoms with Crippen molar-refractivity contribution >= 4 is 17.9 Å². The molecular formula is C13H10ClNO. The number of pyridine rings is 1. The van der Waals surface area contributed by atoms with Crippen LogP contribution in [0.2, 0.25) is 5.02 Å². The highest BCUT2D eigenvalue weighted by Gasteiger charge is 2.05. The number of carbonyl (C=O) groups excluding carboxylic acids is 1. The Kier molecular flexibility index (Phi) is 3.02. The van der Waals surface area contributed by atoms with E-state index in [-0.39, 0.29) is 0 Å². The molecule has 1 aromatic carbocycles. The molecule has 1 heterocycles. The lowest BCUT2D eigenvalue weighted by Gasteiger charge is -2.05. The fraction of sp³-hybridized carbons (Fsp3) is 0.0769. The van der Waals surface area contributed by atoms with Crippen LogP contribution < -0.4 is 0 Å². The van der Waals surface area contributed by atoms with Crippen molar-refractivity contribution in [3.05, 3.63) is 52.8 Å². The molecule has 0 radical (unpaired) electrons. The lowest BCUT2D eigenvalue weighted by Crippen LogP contribution is -1.89. The zero-order valence-electron chi connectivity index (χ0n) is 8.77. The molecule has 0 N–H and O–H groups in total. The summed E-state index contributed by atoms with van der Waals surface area (Å²) in [4.78, 5) is 15.1. The van der Waals surface area contributed by atoms with E-state index in [0.717, 1.165) is 23.1 Å². The Morgan fingerprint density at radius 2 is 2.06 bits per heavy atom. The van der Waals surface area contributed by atoms with Crippen molar-refractivity contribution in [2.75, 3.05) is 0 Å². The number of aldehydes is 1. The first kappa shape index (κ1) is 10.8. The third-order valence-electron chi connectivity index (χ3n) is 2.36. The zero-order chi connectivity index (χ0) is 11.5. The Morgan fingerprint density at radius 3 is 2.69 bits per heavy atom. The molecule has 16 heavy (non-hydrogen) atoms. The lowest BCUT2D eigenvalue weighted by molar-refractivity contribution is 0.112. The van der Waals surface area contributed by atoms with E-state index in [0.29, 0.717) is 10.6 Å². The number of rotatable bonds is 2. The van der Waals surface area contributed by atoms with Crippen LogP contribution in [0.15, 0.2) is 36.5 Å². The summed E-state index contributed by atoms with van der Waals surface area (Å²) < 4.78 is 0. The topological polar surface area (TPSA) is 30.0 Å². The summed E-state index contributed by atoms with van der Waals surface area (Å²) in [6.07, 6.45) is 2.57. The molecule has 2 rings (SSSR count). The fourth-order valence-electron chi connectivity index (χ4n) is 1.51. The van der Waals surface area contributed by atoms with Gasteiger partial charge in [-0.15, -0.1) is 0 Å². The monoisotopic (exact) mass is 231 g/mol. The number of halogens is 1. The minimum Gasteiger partial charge on any atom is -0.298 e. The van der Waals surface area contributed by atoms with Gasteiger partial charge in [0.1, 0.15) is 0 Å². The molecule has 0 unspecified atom stereocenters. The van der Waals surface area contributed by atoms with Crippen LogP contribution >= 0.6 is 11.6 Å². The lowest BCUT2D eigenvalue weighted by atomic mass is 10.0. The van der Waals surface area contributed by atoms with Gasteiger partial charge in [-0.3, -0.25) is 9.78 Å². The fourth-order valence-corrected chi connectivity index (χ4v) is 1.68. The summed E-state index contributed by atoms with van der Waals surface area (Å²) in [6.45, 7) is 1.92. The minimum atomic E-state index is 0.612. The van der Waals surface area contributed by atoms with Gasteiger partial charge in [-0.2, -0.15) is 0 Å². The van der Waals surface area contributed by atoms with E-state index in [9.17, 15) is 4.79 Å². The molecule has 0 atom stereocenters. The van der Waals surface area contributed by atoms with E-state index >= 15 is 0 Å². The molecule has 2 nitrogen and oxygen atoms in total. The second-order valence-corrected chi connectivity index (χ2v) is 3.97. The van der Waals surface area contributed by atoms with Crippen molar-refractivity contribution in [2.24, 2.45) is 0 Å². The molecule has 0 saturated carbocycles. The van der Waals surface area contributed by atoms with Crippen molar-refractivity contribution in [1.82, 2.24) is 4.98 Å². The van der Waals surface area contributed by atoms with Crippen LogP contribution in [0.4, 0.5) is 0 Å². The standard InChI is InChI=1S/C13H10ClNO/c1-9-2-3-10(7-15-9)13-6-12(14)5-4-11(13)8-16/h2-8H,1H3. The van der Waals surface area contributed by atoms with Crippen molar-refractivity contribution in [1.29, 1.82) is 0 Å². The number of benzene rings is 1. The van der Waals surface area contributed by atoms with E-state index in [1.807, 2.05) is 19.1 Å². The van der Waals surface area contributed by atoms with Crippen LogP contribution in [0.1, 0.15) is 16.1 Å². The van der Waals surface area contributed by atoms with Crippen LogP contribution in [-0.2, 0) is 0 Å². The van der Waals surface area contributed by atoms with E-state index in [1.165, 1.54) is 0 Å². The smallest absolute Gasteiger partial charge is 0.150 e. The highest BCUT2D eigenvalue weighted by atomic mass is 35.5. The Labute approximate surface area is 98.9 Å². The number of hydrogen-bond acceptors (Lipinski definition) is 2. The summed E-state index contributed by atoms with van der Waals surface area (Å²) in [5.74, 6) is 0. The third-order valence-corrected chi connectivity index (χ3v) is 2.60. The Balaban J connectivity index is 2.57. The minimum absolute atomic E-state index is 0.612. The maximum atomic E-state index is 10.9. The van der Waals surface area contributed by atoms with Gasteiger partial charge in [0.05, 0.1) is 0 Å². The predicted molar refractivity (Wildman–Crippen MR) is 64.8 cm³/mol. The number of hydrogen-bond donors (Lipinski definition) is 0. The Bertz CT molecular complexity index is 520. The first-order valence-corrected chi connectivity index (χ1v) is 5.26. The van der Waals surface area contributed by atoms with Crippen LogP contribution in [0.25, 0.3) is 11.1 Å². The van der Waals surface area contributed by atoms with Gasteiger partial charge in [0.2, 0.25) is 0 Å².